The molecule has 0 N–H and O–H groups in total. The Labute approximate surface area is 48.7 Å². The van der Waals surface area contributed by atoms with E-state index in [1.54, 1.807) is 0 Å². The first-order valence-corrected chi connectivity index (χ1v) is 3.08. The number of likely N-dealkylation sites (tertiary alicyclic amines) is 1. The lowest BCUT2D eigenvalue weighted by Crippen LogP contribution is -2.15. The van der Waals surface area contributed by atoms with E-state index in [-0.39, 0.29) is 0 Å². The van der Waals surface area contributed by atoms with Crippen LogP contribution in [0.5, 0.6) is 0 Å². The maximum absolute atomic E-state index is 8.44. The standard InChI is InChI=1S/C6H8N2/c7-4-8-2-1-5-3-6(5)8/h5-6H,1-3H2/t5-,6+/m0/s1. The van der Waals surface area contributed by atoms with Gasteiger partial charge in [0, 0.05) is 12.6 Å². The molecule has 1 heterocycles. The van der Waals surface area contributed by atoms with Gasteiger partial charge in [-0.25, -0.2) is 0 Å². The smallest absolute Gasteiger partial charge is 0.179 e. The van der Waals surface area contributed by atoms with Crippen molar-refractivity contribution >= 4 is 0 Å². The first-order chi connectivity index (χ1) is 3.92. The van der Waals surface area contributed by atoms with Gasteiger partial charge in [-0.2, -0.15) is 5.26 Å². The van der Waals surface area contributed by atoms with Crippen molar-refractivity contribution in [2.24, 2.45) is 5.92 Å². The predicted molar refractivity (Wildman–Crippen MR) is 28.8 cm³/mol. The minimum atomic E-state index is 0.667. The summed E-state index contributed by atoms with van der Waals surface area (Å²) in [6.45, 7) is 1.02. The Bertz CT molecular complexity index is 147. The molecule has 2 fully saturated rings. The van der Waals surface area contributed by atoms with Crippen molar-refractivity contribution in [3.63, 3.8) is 0 Å². The van der Waals surface area contributed by atoms with Crippen molar-refractivity contribution in [2.45, 2.75) is 18.9 Å². The average Bonchev–Trinajstić information content (AvgIpc) is 2.46. The lowest BCUT2D eigenvalue weighted by molar-refractivity contribution is 0.432. The van der Waals surface area contributed by atoms with Gasteiger partial charge in [-0.15, -0.1) is 0 Å². The summed E-state index contributed by atoms with van der Waals surface area (Å²) < 4.78 is 0. The average molecular weight is 108 g/mol. The number of fused-ring (bicyclic) bond motifs is 1. The predicted octanol–water partition coefficient (Wildman–Crippen LogP) is 0.562. The third kappa shape index (κ3) is 0.367. The van der Waals surface area contributed by atoms with Crippen LogP contribution in [0.1, 0.15) is 12.8 Å². The molecular formula is C6H8N2. The molecule has 2 rings (SSSR count). The van der Waals surface area contributed by atoms with Crippen molar-refractivity contribution in [1.29, 1.82) is 5.26 Å². The van der Waals surface area contributed by atoms with Crippen LogP contribution in [0.3, 0.4) is 0 Å². The van der Waals surface area contributed by atoms with Crippen LogP contribution in [0.4, 0.5) is 0 Å². The zero-order valence-electron chi connectivity index (χ0n) is 4.67. The van der Waals surface area contributed by atoms with Gasteiger partial charge in [0.05, 0.1) is 0 Å². The van der Waals surface area contributed by atoms with E-state index in [9.17, 15) is 0 Å². The minimum Gasteiger partial charge on any atom is -0.307 e. The van der Waals surface area contributed by atoms with Gasteiger partial charge in [0.25, 0.3) is 0 Å². The Morgan fingerprint density at radius 3 is 2.75 bits per heavy atom. The van der Waals surface area contributed by atoms with Crippen LogP contribution in [-0.4, -0.2) is 17.5 Å². The maximum Gasteiger partial charge on any atom is 0.179 e. The highest BCUT2D eigenvalue weighted by atomic mass is 15.2. The third-order valence-electron chi connectivity index (χ3n) is 2.15. The molecule has 2 atom stereocenters. The van der Waals surface area contributed by atoms with Gasteiger partial charge in [0.1, 0.15) is 0 Å². The molecule has 0 bridgehead atoms. The first-order valence-electron chi connectivity index (χ1n) is 3.08. The molecule has 2 nitrogen and oxygen atoms in total. The van der Waals surface area contributed by atoms with Crippen LogP contribution < -0.4 is 0 Å². The molecule has 1 saturated carbocycles. The molecule has 1 aliphatic heterocycles. The summed E-state index contributed by atoms with van der Waals surface area (Å²) in [5.74, 6) is 0.898. The second-order valence-corrected chi connectivity index (χ2v) is 2.65. The summed E-state index contributed by atoms with van der Waals surface area (Å²) >= 11 is 0. The van der Waals surface area contributed by atoms with E-state index in [1.807, 2.05) is 4.90 Å². The van der Waals surface area contributed by atoms with Crippen LogP contribution in [-0.2, 0) is 0 Å². The molecule has 0 radical (unpaired) electrons. The van der Waals surface area contributed by atoms with Crippen LogP contribution >= 0.6 is 0 Å². The Morgan fingerprint density at radius 1 is 1.62 bits per heavy atom. The van der Waals surface area contributed by atoms with Crippen molar-refractivity contribution in [2.75, 3.05) is 6.54 Å². The number of hydrogen-bond acceptors (Lipinski definition) is 2. The molecule has 1 aliphatic carbocycles. The van der Waals surface area contributed by atoms with Gasteiger partial charge < -0.3 is 4.90 Å². The van der Waals surface area contributed by atoms with Crippen molar-refractivity contribution in [1.82, 2.24) is 4.90 Å². The molecule has 0 aromatic rings. The Morgan fingerprint density at radius 2 is 2.50 bits per heavy atom. The van der Waals surface area contributed by atoms with Crippen LogP contribution in [0.25, 0.3) is 0 Å². The highest BCUT2D eigenvalue weighted by Gasteiger charge is 2.46. The summed E-state index contributed by atoms with van der Waals surface area (Å²) in [7, 11) is 0. The second kappa shape index (κ2) is 1.17. The quantitative estimate of drug-likeness (QED) is 0.424. The number of rotatable bonds is 0. The van der Waals surface area contributed by atoms with Crippen LogP contribution in [0.15, 0.2) is 0 Å². The van der Waals surface area contributed by atoms with Gasteiger partial charge in [-0.05, 0) is 18.8 Å². The van der Waals surface area contributed by atoms with Gasteiger partial charge in [0.2, 0.25) is 0 Å². The van der Waals surface area contributed by atoms with E-state index in [0.717, 1.165) is 12.5 Å². The molecule has 42 valence electrons. The topological polar surface area (TPSA) is 27.0 Å². The largest absolute Gasteiger partial charge is 0.307 e. The van der Waals surface area contributed by atoms with Gasteiger partial charge >= 0.3 is 0 Å². The molecule has 2 aliphatic rings. The first kappa shape index (κ1) is 4.20. The number of hydrogen-bond donors (Lipinski definition) is 0. The molecule has 2 heteroatoms. The highest BCUT2D eigenvalue weighted by molar-refractivity contribution is 5.05. The summed E-state index contributed by atoms with van der Waals surface area (Å²) in [5.41, 5.74) is 0. The molecule has 0 aromatic carbocycles. The Balaban J connectivity index is 2.09. The van der Waals surface area contributed by atoms with Crippen LogP contribution in [0.2, 0.25) is 0 Å². The third-order valence-corrected chi connectivity index (χ3v) is 2.15. The maximum atomic E-state index is 8.44. The zero-order valence-corrected chi connectivity index (χ0v) is 4.67. The summed E-state index contributed by atoms with van der Waals surface area (Å²) in [6, 6.07) is 0.667. The van der Waals surface area contributed by atoms with Crippen LogP contribution in [0, 0.1) is 17.4 Å². The molecule has 0 unspecified atom stereocenters. The minimum absolute atomic E-state index is 0.667. The lowest BCUT2D eigenvalue weighted by Gasteiger charge is -2.05. The number of nitrogens with zero attached hydrogens (tertiary/aromatic N) is 2. The van der Waals surface area contributed by atoms with E-state index >= 15 is 0 Å². The van der Waals surface area contributed by atoms with E-state index in [2.05, 4.69) is 6.19 Å². The van der Waals surface area contributed by atoms with Crippen molar-refractivity contribution in [3.05, 3.63) is 0 Å². The molecule has 8 heavy (non-hydrogen) atoms. The summed E-state index contributed by atoms with van der Waals surface area (Å²) in [4.78, 5) is 1.91. The van der Waals surface area contributed by atoms with E-state index in [4.69, 9.17) is 5.26 Å². The molecule has 1 saturated heterocycles. The van der Waals surface area contributed by atoms with Crippen molar-refractivity contribution < 1.29 is 0 Å². The molecule has 0 spiro atoms. The van der Waals surface area contributed by atoms with Crippen molar-refractivity contribution in [3.8, 4) is 6.19 Å². The van der Waals surface area contributed by atoms with E-state index < -0.39 is 0 Å². The fourth-order valence-electron chi connectivity index (χ4n) is 1.52. The lowest BCUT2D eigenvalue weighted by atomic mass is 10.3. The molecular weight excluding hydrogens is 100 g/mol. The summed E-state index contributed by atoms with van der Waals surface area (Å²) in [5, 5.41) is 8.44. The van der Waals surface area contributed by atoms with Gasteiger partial charge in [-0.3, -0.25) is 0 Å². The molecule has 0 amide bonds. The number of piperidine rings is 1. The zero-order chi connectivity index (χ0) is 5.56. The normalized spacial score (nSPS) is 41.1. The fourth-order valence-corrected chi connectivity index (χ4v) is 1.52. The monoisotopic (exact) mass is 108 g/mol. The summed E-state index contributed by atoms with van der Waals surface area (Å²) in [6.07, 6.45) is 4.74. The Kier molecular flexibility index (Phi) is 0.611. The highest BCUT2D eigenvalue weighted by Crippen LogP contribution is 2.43. The fraction of sp³-hybridized carbons (Fsp3) is 0.833. The van der Waals surface area contributed by atoms with E-state index in [1.165, 1.54) is 12.8 Å². The Hall–Kier alpha value is -0.710. The number of nitriles is 1. The SMILES string of the molecule is N#CN1CC[C@H]2C[C@H]21. The van der Waals surface area contributed by atoms with Gasteiger partial charge in [0.15, 0.2) is 6.19 Å². The van der Waals surface area contributed by atoms with Gasteiger partial charge in [-0.1, -0.05) is 0 Å². The second-order valence-electron chi connectivity index (χ2n) is 2.65. The molecule has 0 aromatic heterocycles. The van der Waals surface area contributed by atoms with E-state index in [0.29, 0.717) is 6.04 Å².